The fourth-order valence-electron chi connectivity index (χ4n) is 2.27. The molecule has 0 fully saturated rings. The molecule has 0 saturated carbocycles. The monoisotopic (exact) mass is 297 g/mol. The molecule has 0 bridgehead atoms. The van der Waals surface area contributed by atoms with E-state index >= 15 is 0 Å². The molecule has 0 unspecified atom stereocenters. The van der Waals surface area contributed by atoms with Crippen LogP contribution < -0.4 is 5.32 Å². The Morgan fingerprint density at radius 2 is 2.21 bits per heavy atom. The Morgan fingerprint density at radius 1 is 1.42 bits per heavy atom. The van der Waals surface area contributed by atoms with Crippen molar-refractivity contribution in [2.45, 2.75) is 32.2 Å². The van der Waals surface area contributed by atoms with Crippen molar-refractivity contribution in [1.82, 2.24) is 5.32 Å². The number of amides is 1. The van der Waals surface area contributed by atoms with Crippen LogP contribution in [0.25, 0.3) is 0 Å². The minimum Gasteiger partial charge on any atom is -0.350 e. The molecule has 2 atom stereocenters. The van der Waals surface area contributed by atoms with E-state index in [2.05, 4.69) is 17.5 Å². The summed E-state index contributed by atoms with van der Waals surface area (Å²) in [5.74, 6) is 0.469. The minimum atomic E-state index is -0.0624. The predicted octanol–water partition coefficient (Wildman–Crippen LogP) is 4.53. The van der Waals surface area contributed by atoms with Crippen molar-refractivity contribution < 1.29 is 4.79 Å². The van der Waals surface area contributed by atoms with Crippen LogP contribution in [-0.2, 0) is 4.79 Å². The molecule has 0 heterocycles. The maximum absolute atomic E-state index is 11.9. The quantitative estimate of drug-likeness (QED) is 0.813. The van der Waals surface area contributed by atoms with E-state index in [1.165, 1.54) is 0 Å². The first-order valence-electron chi connectivity index (χ1n) is 6.47. The van der Waals surface area contributed by atoms with Crippen molar-refractivity contribution in [3.05, 3.63) is 46.0 Å². The summed E-state index contributed by atoms with van der Waals surface area (Å²) in [5, 5.41) is 4.04. The third kappa shape index (κ3) is 3.99. The highest BCUT2D eigenvalue weighted by Crippen LogP contribution is 2.26. The maximum Gasteiger partial charge on any atom is 0.221 e. The van der Waals surface area contributed by atoms with Crippen molar-refractivity contribution in [2.75, 3.05) is 0 Å². The molecule has 19 heavy (non-hydrogen) atoms. The van der Waals surface area contributed by atoms with Crippen LogP contribution in [0.5, 0.6) is 0 Å². The average Bonchev–Trinajstić information content (AvgIpc) is 2.85. The van der Waals surface area contributed by atoms with Gasteiger partial charge < -0.3 is 5.32 Å². The van der Waals surface area contributed by atoms with E-state index in [9.17, 15) is 4.79 Å². The van der Waals surface area contributed by atoms with Gasteiger partial charge in [0.2, 0.25) is 5.91 Å². The van der Waals surface area contributed by atoms with Gasteiger partial charge in [0.25, 0.3) is 0 Å². The second-order valence-corrected chi connectivity index (χ2v) is 5.75. The molecule has 1 aromatic carbocycles. The van der Waals surface area contributed by atoms with Crippen molar-refractivity contribution >= 4 is 29.1 Å². The Kier molecular flexibility index (Phi) is 4.89. The Balaban J connectivity index is 1.92. The zero-order valence-electron chi connectivity index (χ0n) is 10.8. The second-order valence-electron chi connectivity index (χ2n) is 4.93. The van der Waals surface area contributed by atoms with Gasteiger partial charge in [-0.2, -0.15) is 0 Å². The van der Waals surface area contributed by atoms with Gasteiger partial charge in [-0.25, -0.2) is 0 Å². The summed E-state index contributed by atoms with van der Waals surface area (Å²) in [6, 6.07) is 5.37. The third-order valence-electron chi connectivity index (χ3n) is 3.38. The van der Waals surface area contributed by atoms with Crippen molar-refractivity contribution in [2.24, 2.45) is 5.92 Å². The fourth-order valence-corrected chi connectivity index (χ4v) is 2.58. The van der Waals surface area contributed by atoms with Crippen LogP contribution in [0, 0.1) is 5.92 Å². The normalized spacial score (nSPS) is 19.4. The Bertz CT molecular complexity index is 499. The number of rotatable bonds is 4. The molecule has 0 saturated heterocycles. The Labute approximate surface area is 123 Å². The molecular formula is C15H17Cl2NO. The van der Waals surface area contributed by atoms with Crippen molar-refractivity contribution in [3.63, 3.8) is 0 Å². The van der Waals surface area contributed by atoms with E-state index < -0.39 is 0 Å². The maximum atomic E-state index is 11.9. The summed E-state index contributed by atoms with van der Waals surface area (Å²) in [5.41, 5.74) is 0.963. The summed E-state index contributed by atoms with van der Waals surface area (Å²) in [6.45, 7) is 1.95. The Morgan fingerprint density at radius 3 is 2.84 bits per heavy atom. The van der Waals surface area contributed by atoms with Gasteiger partial charge in [-0.15, -0.1) is 0 Å². The van der Waals surface area contributed by atoms with Gasteiger partial charge in [0.1, 0.15) is 0 Å². The van der Waals surface area contributed by atoms with Gasteiger partial charge in [-0.3, -0.25) is 4.79 Å². The predicted molar refractivity (Wildman–Crippen MR) is 79.5 cm³/mol. The molecule has 0 radical (unpaired) electrons. The van der Waals surface area contributed by atoms with Crippen LogP contribution in [-0.4, -0.2) is 5.91 Å². The lowest BCUT2D eigenvalue weighted by Gasteiger charge is -2.16. The molecule has 4 heteroatoms. The number of carbonyl (C=O) groups excluding carboxylic acids is 1. The van der Waals surface area contributed by atoms with Gasteiger partial charge in [-0.05, 0) is 43.4 Å². The Hall–Kier alpha value is -0.990. The molecule has 1 aliphatic carbocycles. The molecule has 2 rings (SSSR count). The minimum absolute atomic E-state index is 0.0624. The van der Waals surface area contributed by atoms with Crippen LogP contribution in [0.4, 0.5) is 0 Å². The summed E-state index contributed by atoms with van der Waals surface area (Å²) < 4.78 is 0. The first-order chi connectivity index (χ1) is 9.06. The third-order valence-corrected chi connectivity index (χ3v) is 4.12. The molecule has 1 aliphatic rings. The summed E-state index contributed by atoms with van der Waals surface area (Å²) in [7, 11) is 0. The molecule has 2 nitrogen and oxygen atoms in total. The number of hydrogen-bond acceptors (Lipinski definition) is 1. The lowest BCUT2D eigenvalue weighted by molar-refractivity contribution is -0.122. The average molecular weight is 298 g/mol. The highest BCUT2D eigenvalue weighted by atomic mass is 35.5. The summed E-state index contributed by atoms with van der Waals surface area (Å²) in [6.07, 6.45) is 6.99. The van der Waals surface area contributed by atoms with Gasteiger partial charge in [0, 0.05) is 6.42 Å². The zero-order chi connectivity index (χ0) is 13.8. The standard InChI is InChI=1S/C15H17Cl2NO/c1-10(12-6-7-13(16)14(17)9-12)18-15(19)8-11-4-2-3-5-11/h2,4,6-7,9-11H,3,5,8H2,1H3,(H,18,19)/t10-,11-/m0/s1. The summed E-state index contributed by atoms with van der Waals surface area (Å²) in [4.78, 5) is 11.9. The molecule has 0 aliphatic heterocycles. The first kappa shape index (κ1) is 14.4. The van der Waals surface area contributed by atoms with Crippen LogP contribution in [0.15, 0.2) is 30.4 Å². The van der Waals surface area contributed by atoms with Gasteiger partial charge in [0.05, 0.1) is 16.1 Å². The SMILES string of the molecule is C[C@H](NC(=O)C[C@H]1C=CCC1)c1ccc(Cl)c(Cl)c1. The molecule has 0 spiro atoms. The highest BCUT2D eigenvalue weighted by Gasteiger charge is 2.16. The van der Waals surface area contributed by atoms with Gasteiger partial charge in [-0.1, -0.05) is 41.4 Å². The molecule has 1 N–H and O–H groups in total. The van der Waals surface area contributed by atoms with Gasteiger partial charge >= 0.3 is 0 Å². The lowest BCUT2D eigenvalue weighted by Crippen LogP contribution is -2.27. The molecule has 102 valence electrons. The van der Waals surface area contributed by atoms with E-state index in [1.54, 1.807) is 12.1 Å². The highest BCUT2D eigenvalue weighted by molar-refractivity contribution is 6.42. The molecule has 0 aromatic heterocycles. The summed E-state index contributed by atoms with van der Waals surface area (Å²) >= 11 is 11.9. The molecule has 1 aromatic rings. The largest absolute Gasteiger partial charge is 0.350 e. The number of halogens is 2. The lowest BCUT2D eigenvalue weighted by atomic mass is 10.0. The van der Waals surface area contributed by atoms with E-state index in [0.717, 1.165) is 18.4 Å². The molecule has 1 amide bonds. The zero-order valence-corrected chi connectivity index (χ0v) is 12.3. The van der Waals surface area contributed by atoms with E-state index in [4.69, 9.17) is 23.2 Å². The second kappa shape index (κ2) is 6.44. The number of carbonyl (C=O) groups is 1. The van der Waals surface area contributed by atoms with Crippen LogP contribution in [0.3, 0.4) is 0 Å². The van der Waals surface area contributed by atoms with Crippen molar-refractivity contribution in [1.29, 1.82) is 0 Å². The fraction of sp³-hybridized carbons (Fsp3) is 0.400. The first-order valence-corrected chi connectivity index (χ1v) is 7.23. The van der Waals surface area contributed by atoms with Crippen molar-refractivity contribution in [3.8, 4) is 0 Å². The number of nitrogens with one attached hydrogen (secondary N) is 1. The van der Waals surface area contributed by atoms with E-state index in [-0.39, 0.29) is 11.9 Å². The van der Waals surface area contributed by atoms with Crippen LogP contribution in [0.1, 0.15) is 37.8 Å². The van der Waals surface area contributed by atoms with Crippen LogP contribution in [0.2, 0.25) is 10.0 Å². The number of benzene rings is 1. The van der Waals surface area contributed by atoms with Crippen LogP contribution >= 0.6 is 23.2 Å². The number of allylic oxidation sites excluding steroid dienone is 2. The number of hydrogen-bond donors (Lipinski definition) is 1. The smallest absolute Gasteiger partial charge is 0.221 e. The van der Waals surface area contributed by atoms with Gasteiger partial charge in [0.15, 0.2) is 0 Å². The topological polar surface area (TPSA) is 29.1 Å². The van der Waals surface area contributed by atoms with E-state index in [1.807, 2.05) is 13.0 Å². The van der Waals surface area contributed by atoms with E-state index in [0.29, 0.717) is 22.4 Å². The molecular weight excluding hydrogens is 281 g/mol.